The number of ether oxygens (including phenoxy) is 1. The molecule has 0 bridgehead atoms. The number of nitrogens with zero attached hydrogens (tertiary/aromatic N) is 2. The van der Waals surface area contributed by atoms with E-state index in [0.29, 0.717) is 6.10 Å². The second-order valence-electron chi connectivity index (χ2n) is 6.23. The average Bonchev–Trinajstić information content (AvgIpc) is 2.68. The van der Waals surface area contributed by atoms with E-state index >= 15 is 0 Å². The molecule has 0 heterocycles. The Morgan fingerprint density at radius 3 is 1.89 bits per heavy atom. The Kier molecular flexibility index (Phi) is 9.57. The maximum atomic E-state index is 10.7. The molecule has 0 aromatic heterocycles. The molecule has 2 N–H and O–H groups in total. The lowest BCUT2D eigenvalue weighted by atomic mass is 9.97. The Morgan fingerprint density at radius 2 is 1.52 bits per heavy atom. The molecular formula is C20H24N2O5. The van der Waals surface area contributed by atoms with Gasteiger partial charge >= 0.3 is 11.9 Å². The fraction of sp³-hybridized carbons (Fsp3) is 0.500. The molecule has 1 aromatic carbocycles. The molecule has 1 saturated carbocycles. The molecule has 0 aliphatic heterocycles. The van der Waals surface area contributed by atoms with Gasteiger partial charge in [0.1, 0.15) is 12.1 Å². The van der Waals surface area contributed by atoms with Gasteiger partial charge in [0.25, 0.3) is 0 Å². The van der Waals surface area contributed by atoms with E-state index in [1.165, 1.54) is 57.1 Å². The Labute approximate surface area is 158 Å². The van der Waals surface area contributed by atoms with E-state index in [0.717, 1.165) is 18.7 Å². The van der Waals surface area contributed by atoms with Crippen molar-refractivity contribution in [1.29, 1.82) is 10.5 Å². The standard InChI is InChI=1S/C10H4N2O4.C10H20O/c11-3-7-5(9(13)14)1-2-6(10(15)16)8(7)4-12;1-2-3-9-11-10-7-5-4-6-8-10/h1-2H,(H,13,14)(H,15,16);10H,2-9H2,1H3. The van der Waals surface area contributed by atoms with Crippen LogP contribution in [0.4, 0.5) is 0 Å². The third-order valence-electron chi connectivity index (χ3n) is 4.29. The topological polar surface area (TPSA) is 131 Å². The van der Waals surface area contributed by atoms with Crippen molar-refractivity contribution in [2.45, 2.75) is 58.0 Å². The summed E-state index contributed by atoms with van der Waals surface area (Å²) in [6.07, 6.45) is 9.91. The van der Waals surface area contributed by atoms with Gasteiger partial charge in [-0.15, -0.1) is 0 Å². The summed E-state index contributed by atoms with van der Waals surface area (Å²) in [5.41, 5.74) is -1.64. The fourth-order valence-electron chi connectivity index (χ4n) is 2.82. The van der Waals surface area contributed by atoms with Crippen molar-refractivity contribution in [3.63, 3.8) is 0 Å². The van der Waals surface area contributed by atoms with Crippen molar-refractivity contribution in [3.8, 4) is 12.1 Å². The van der Waals surface area contributed by atoms with E-state index in [1.54, 1.807) is 0 Å². The first-order valence-corrected chi connectivity index (χ1v) is 9.01. The van der Waals surface area contributed by atoms with E-state index in [4.69, 9.17) is 25.5 Å². The second-order valence-corrected chi connectivity index (χ2v) is 6.23. The van der Waals surface area contributed by atoms with Gasteiger partial charge in [0.15, 0.2) is 0 Å². The first-order valence-electron chi connectivity index (χ1n) is 9.01. The smallest absolute Gasteiger partial charge is 0.337 e. The highest BCUT2D eigenvalue weighted by Crippen LogP contribution is 2.20. The van der Waals surface area contributed by atoms with E-state index in [1.807, 2.05) is 0 Å². The lowest BCUT2D eigenvalue weighted by Gasteiger charge is -2.21. The number of carboxylic acids is 2. The molecule has 0 radical (unpaired) electrons. The summed E-state index contributed by atoms with van der Waals surface area (Å²) in [6.45, 7) is 3.20. The van der Waals surface area contributed by atoms with Crippen LogP contribution in [-0.4, -0.2) is 34.9 Å². The van der Waals surface area contributed by atoms with Gasteiger partial charge in [0, 0.05) is 6.61 Å². The molecular weight excluding hydrogens is 348 g/mol. The maximum absolute atomic E-state index is 10.7. The molecule has 1 aromatic rings. The monoisotopic (exact) mass is 372 g/mol. The summed E-state index contributed by atoms with van der Waals surface area (Å²) in [7, 11) is 0. The summed E-state index contributed by atoms with van der Waals surface area (Å²) in [6, 6.07) is 5.03. The molecule has 1 aliphatic rings. The number of aromatic carboxylic acids is 2. The predicted molar refractivity (Wildman–Crippen MR) is 97.5 cm³/mol. The van der Waals surface area contributed by atoms with Crippen LogP contribution in [0.15, 0.2) is 12.1 Å². The molecule has 0 unspecified atom stereocenters. The van der Waals surface area contributed by atoms with Crippen molar-refractivity contribution in [1.82, 2.24) is 0 Å². The molecule has 7 nitrogen and oxygen atoms in total. The van der Waals surface area contributed by atoms with Gasteiger partial charge in [-0.05, 0) is 31.4 Å². The number of hydrogen-bond donors (Lipinski definition) is 2. The van der Waals surface area contributed by atoms with Gasteiger partial charge in [0.2, 0.25) is 0 Å². The summed E-state index contributed by atoms with van der Waals surface area (Å²) in [5, 5.41) is 34.9. The minimum absolute atomic E-state index is 0.385. The zero-order valence-electron chi connectivity index (χ0n) is 15.4. The second kappa shape index (κ2) is 11.7. The van der Waals surface area contributed by atoms with Crippen LogP contribution in [0.5, 0.6) is 0 Å². The number of unbranched alkanes of at least 4 members (excludes halogenated alkanes) is 1. The van der Waals surface area contributed by atoms with E-state index < -0.39 is 23.1 Å². The summed E-state index contributed by atoms with van der Waals surface area (Å²) >= 11 is 0. The van der Waals surface area contributed by atoms with Crippen LogP contribution in [0.25, 0.3) is 0 Å². The Hall–Kier alpha value is -2.90. The summed E-state index contributed by atoms with van der Waals surface area (Å²) in [5.74, 6) is -2.77. The van der Waals surface area contributed by atoms with Crippen molar-refractivity contribution >= 4 is 11.9 Å². The SMILES string of the molecule is CCCCOC1CCCCC1.N#Cc1c(C(=O)O)ccc(C(=O)O)c1C#N. The number of nitriles is 2. The van der Waals surface area contributed by atoms with E-state index in [2.05, 4.69) is 6.92 Å². The van der Waals surface area contributed by atoms with Gasteiger partial charge in [-0.2, -0.15) is 10.5 Å². The van der Waals surface area contributed by atoms with Gasteiger partial charge in [-0.25, -0.2) is 9.59 Å². The number of benzene rings is 1. The quantitative estimate of drug-likeness (QED) is 0.722. The fourth-order valence-corrected chi connectivity index (χ4v) is 2.82. The minimum Gasteiger partial charge on any atom is -0.478 e. The van der Waals surface area contributed by atoms with Gasteiger partial charge in [-0.3, -0.25) is 0 Å². The number of hydrogen-bond acceptors (Lipinski definition) is 5. The van der Waals surface area contributed by atoms with Crippen LogP contribution < -0.4 is 0 Å². The first kappa shape index (κ1) is 22.1. The lowest BCUT2D eigenvalue weighted by molar-refractivity contribution is 0.0269. The van der Waals surface area contributed by atoms with Crippen LogP contribution in [0.3, 0.4) is 0 Å². The van der Waals surface area contributed by atoms with Crippen LogP contribution in [-0.2, 0) is 4.74 Å². The van der Waals surface area contributed by atoms with Gasteiger partial charge in [-0.1, -0.05) is 32.6 Å². The predicted octanol–water partition coefficient (Wildman–Crippen LogP) is 3.96. The van der Waals surface area contributed by atoms with Gasteiger partial charge < -0.3 is 14.9 Å². The van der Waals surface area contributed by atoms with Crippen molar-refractivity contribution < 1.29 is 24.5 Å². The Bertz CT molecular complexity index is 689. The number of carbonyl (C=O) groups is 2. The molecule has 0 spiro atoms. The van der Waals surface area contributed by atoms with Crippen LogP contribution in [0.1, 0.15) is 83.7 Å². The lowest BCUT2D eigenvalue weighted by Crippen LogP contribution is -2.16. The highest BCUT2D eigenvalue weighted by atomic mass is 16.5. The largest absolute Gasteiger partial charge is 0.478 e. The Balaban J connectivity index is 0.000000289. The molecule has 0 atom stereocenters. The van der Waals surface area contributed by atoms with Crippen molar-refractivity contribution in [2.75, 3.05) is 6.61 Å². The average molecular weight is 372 g/mol. The summed E-state index contributed by atoms with van der Waals surface area (Å²) < 4.78 is 5.72. The molecule has 144 valence electrons. The maximum Gasteiger partial charge on any atom is 0.337 e. The molecule has 0 amide bonds. The first-order chi connectivity index (χ1) is 13.0. The minimum atomic E-state index is -1.38. The third-order valence-corrected chi connectivity index (χ3v) is 4.29. The zero-order chi connectivity index (χ0) is 20.2. The van der Waals surface area contributed by atoms with Crippen LogP contribution in [0.2, 0.25) is 0 Å². The van der Waals surface area contributed by atoms with Crippen molar-refractivity contribution in [3.05, 3.63) is 34.4 Å². The Morgan fingerprint density at radius 1 is 1.04 bits per heavy atom. The van der Waals surface area contributed by atoms with Crippen LogP contribution >= 0.6 is 0 Å². The zero-order valence-corrected chi connectivity index (χ0v) is 15.4. The van der Waals surface area contributed by atoms with E-state index in [9.17, 15) is 9.59 Å². The molecule has 27 heavy (non-hydrogen) atoms. The molecule has 1 fully saturated rings. The number of rotatable bonds is 6. The summed E-state index contributed by atoms with van der Waals surface area (Å²) in [4.78, 5) is 21.4. The molecule has 0 saturated heterocycles. The highest BCUT2D eigenvalue weighted by Gasteiger charge is 2.20. The highest BCUT2D eigenvalue weighted by molar-refractivity contribution is 5.97. The van der Waals surface area contributed by atoms with Crippen LogP contribution in [0, 0.1) is 22.7 Å². The normalized spacial score (nSPS) is 13.6. The van der Waals surface area contributed by atoms with E-state index in [-0.39, 0.29) is 11.1 Å². The molecule has 2 rings (SSSR count). The van der Waals surface area contributed by atoms with Gasteiger partial charge in [0.05, 0.1) is 28.4 Å². The van der Waals surface area contributed by atoms with Crippen molar-refractivity contribution in [2.24, 2.45) is 0 Å². The molecule has 7 heteroatoms. The third kappa shape index (κ3) is 6.73. The molecule has 1 aliphatic carbocycles. The number of carboxylic acid groups (broad SMARTS) is 2.